The number of carboxylic acid groups (broad SMARTS) is 1. The summed E-state index contributed by atoms with van der Waals surface area (Å²) in [6.07, 6.45) is 17.7. The van der Waals surface area contributed by atoms with Gasteiger partial charge in [-0.25, -0.2) is 9.78 Å². The lowest BCUT2D eigenvalue weighted by Crippen LogP contribution is -2.46. The summed E-state index contributed by atoms with van der Waals surface area (Å²) in [6.45, 7) is 7.01. The quantitative estimate of drug-likeness (QED) is 0.245. The number of hydrogen-bond donors (Lipinski definition) is 2. The van der Waals surface area contributed by atoms with E-state index >= 15 is 0 Å². The number of pyridine rings is 1. The molecule has 2 aliphatic heterocycles. The predicted octanol–water partition coefficient (Wildman–Crippen LogP) is 6.53. The lowest BCUT2D eigenvalue weighted by molar-refractivity contribution is 0.0696. The molecule has 1 fully saturated rings. The minimum Gasteiger partial charge on any atom is -0.478 e. The Morgan fingerprint density at radius 3 is 2.45 bits per heavy atom. The Morgan fingerprint density at radius 2 is 1.70 bits per heavy atom. The number of aromatic nitrogens is 2. The fourth-order valence-electron chi connectivity index (χ4n) is 6.55. The Bertz CT molecular complexity index is 1760. The third kappa shape index (κ3) is 6.11. The highest BCUT2D eigenvalue weighted by molar-refractivity contribution is 5.95. The first-order valence-electron chi connectivity index (χ1n) is 15.8. The molecule has 44 heavy (non-hydrogen) atoms. The molecule has 0 radical (unpaired) electrons. The van der Waals surface area contributed by atoms with Crippen LogP contribution in [0.25, 0.3) is 33.6 Å². The first-order valence-corrected chi connectivity index (χ1v) is 15.8. The number of allylic oxidation sites excluding steroid dienone is 3. The average Bonchev–Trinajstić information content (AvgIpc) is 3.52. The molecule has 7 rings (SSSR count). The lowest BCUT2D eigenvalue weighted by atomic mass is 9.91. The highest BCUT2D eigenvalue weighted by atomic mass is 16.4. The van der Waals surface area contributed by atoms with Crippen LogP contribution < -0.4 is 10.2 Å². The molecule has 2 aromatic heterocycles. The Morgan fingerprint density at radius 1 is 0.886 bits per heavy atom. The molecule has 2 N–H and O–H groups in total. The van der Waals surface area contributed by atoms with Crippen molar-refractivity contribution in [3.63, 3.8) is 0 Å². The molecular formula is C37H39N5O2. The van der Waals surface area contributed by atoms with E-state index in [0.29, 0.717) is 5.56 Å². The van der Waals surface area contributed by atoms with Crippen molar-refractivity contribution in [1.82, 2.24) is 19.6 Å². The monoisotopic (exact) mass is 585 g/mol. The summed E-state index contributed by atoms with van der Waals surface area (Å²) in [7, 11) is 0. The second-order valence-electron chi connectivity index (χ2n) is 11.9. The standard InChI is InChI=1S/C37H39N5O2/c43-37(44)33-12-10-31(24-34(33)29-14-17-38-18-15-29)28-6-8-30(9-7-28)35-26-42-25-32(11-13-36(42)39-35)41-22-20-40(21-23-41)19-16-27-4-2-1-3-5-27/h2,4-14,24-26,38H,1,3,15-23H2,(H,43,44). The molecule has 224 valence electrons. The van der Waals surface area contributed by atoms with Gasteiger partial charge in [0, 0.05) is 57.2 Å². The summed E-state index contributed by atoms with van der Waals surface area (Å²) in [4.78, 5) is 21.9. The van der Waals surface area contributed by atoms with Crippen LogP contribution in [0.15, 0.2) is 96.9 Å². The Labute approximate surface area is 258 Å². The number of nitrogens with one attached hydrogen (secondary N) is 1. The van der Waals surface area contributed by atoms with Gasteiger partial charge in [0.15, 0.2) is 0 Å². The van der Waals surface area contributed by atoms with Gasteiger partial charge in [-0.15, -0.1) is 0 Å². The highest BCUT2D eigenvalue weighted by Crippen LogP contribution is 2.31. The third-order valence-electron chi connectivity index (χ3n) is 9.14. The van der Waals surface area contributed by atoms with Gasteiger partial charge in [-0.05, 0) is 78.8 Å². The number of rotatable bonds is 8. The van der Waals surface area contributed by atoms with Crippen molar-refractivity contribution >= 4 is 22.9 Å². The number of aromatic carboxylic acids is 1. The van der Waals surface area contributed by atoms with Gasteiger partial charge >= 0.3 is 5.97 Å². The van der Waals surface area contributed by atoms with Gasteiger partial charge in [-0.2, -0.15) is 0 Å². The van der Waals surface area contributed by atoms with Gasteiger partial charge in [0.25, 0.3) is 0 Å². The zero-order valence-electron chi connectivity index (χ0n) is 25.1. The van der Waals surface area contributed by atoms with Gasteiger partial charge in [-0.3, -0.25) is 4.90 Å². The predicted molar refractivity (Wildman–Crippen MR) is 178 cm³/mol. The molecule has 7 nitrogen and oxygen atoms in total. The molecule has 0 amide bonds. The first-order chi connectivity index (χ1) is 21.6. The van der Waals surface area contributed by atoms with Gasteiger partial charge in [0.1, 0.15) is 5.65 Å². The molecule has 4 aromatic rings. The molecule has 0 unspecified atom stereocenters. The van der Waals surface area contributed by atoms with Crippen LogP contribution in [0.5, 0.6) is 0 Å². The van der Waals surface area contributed by atoms with Gasteiger partial charge < -0.3 is 19.7 Å². The maximum absolute atomic E-state index is 11.9. The van der Waals surface area contributed by atoms with Crippen molar-refractivity contribution in [2.24, 2.45) is 0 Å². The van der Waals surface area contributed by atoms with Crippen molar-refractivity contribution in [2.75, 3.05) is 50.7 Å². The second kappa shape index (κ2) is 12.6. The fourth-order valence-corrected chi connectivity index (χ4v) is 6.55. The molecule has 0 saturated carbocycles. The summed E-state index contributed by atoms with van der Waals surface area (Å²) in [5, 5.41) is 13.1. The lowest BCUT2D eigenvalue weighted by Gasteiger charge is -2.36. The van der Waals surface area contributed by atoms with Crippen LogP contribution in [0.1, 0.15) is 41.6 Å². The van der Waals surface area contributed by atoms with E-state index in [1.807, 2.05) is 12.1 Å². The van der Waals surface area contributed by atoms with E-state index in [0.717, 1.165) is 97.8 Å². The Kier molecular flexibility index (Phi) is 8.14. The molecule has 0 bridgehead atoms. The van der Waals surface area contributed by atoms with Crippen LogP contribution in [0.4, 0.5) is 5.69 Å². The third-order valence-corrected chi connectivity index (χ3v) is 9.14. The first kappa shape index (κ1) is 28.3. The largest absolute Gasteiger partial charge is 0.478 e. The minimum absolute atomic E-state index is 0.356. The molecule has 3 aliphatic rings. The van der Waals surface area contributed by atoms with Gasteiger partial charge in [0.2, 0.25) is 0 Å². The molecule has 0 spiro atoms. The second-order valence-corrected chi connectivity index (χ2v) is 11.9. The molecule has 7 heteroatoms. The minimum atomic E-state index is -0.889. The number of anilines is 1. The highest BCUT2D eigenvalue weighted by Gasteiger charge is 2.19. The molecule has 1 aliphatic carbocycles. The zero-order chi connectivity index (χ0) is 29.9. The fraction of sp³-hybridized carbons (Fsp3) is 0.297. The van der Waals surface area contributed by atoms with Crippen LogP contribution in [0, 0.1) is 0 Å². The number of imidazole rings is 1. The SMILES string of the molecule is O=C(O)c1ccc(-c2ccc(-c3cn4cc(N5CCN(CCC6=CCCC=C6)CC5)ccc4n3)cc2)cc1C1=CCNCC1. The summed E-state index contributed by atoms with van der Waals surface area (Å²) in [5.74, 6) is -0.889. The van der Waals surface area contributed by atoms with Crippen LogP contribution in [-0.4, -0.2) is 71.2 Å². The van der Waals surface area contributed by atoms with E-state index in [1.165, 1.54) is 24.1 Å². The Hall–Kier alpha value is -4.46. The van der Waals surface area contributed by atoms with E-state index < -0.39 is 5.97 Å². The normalized spacial score (nSPS) is 17.5. The van der Waals surface area contributed by atoms with Crippen LogP contribution >= 0.6 is 0 Å². The van der Waals surface area contributed by atoms with E-state index in [2.05, 4.69) is 92.6 Å². The Balaban J connectivity index is 1.04. The summed E-state index contributed by atoms with van der Waals surface area (Å²) in [6, 6.07) is 18.4. The van der Waals surface area contributed by atoms with E-state index in [-0.39, 0.29) is 0 Å². The number of fused-ring (bicyclic) bond motifs is 1. The number of carbonyl (C=O) groups is 1. The molecular weight excluding hydrogens is 546 g/mol. The number of benzene rings is 2. The number of piperazine rings is 1. The van der Waals surface area contributed by atoms with Crippen molar-refractivity contribution in [1.29, 1.82) is 0 Å². The summed E-state index contributed by atoms with van der Waals surface area (Å²) in [5.41, 5.74) is 9.98. The molecule has 4 heterocycles. The van der Waals surface area contributed by atoms with E-state index in [9.17, 15) is 9.90 Å². The summed E-state index contributed by atoms with van der Waals surface area (Å²) < 4.78 is 2.14. The van der Waals surface area contributed by atoms with Crippen molar-refractivity contribution in [2.45, 2.75) is 25.7 Å². The zero-order valence-corrected chi connectivity index (χ0v) is 25.1. The van der Waals surface area contributed by atoms with Crippen molar-refractivity contribution in [3.8, 4) is 22.4 Å². The molecule has 0 atom stereocenters. The maximum Gasteiger partial charge on any atom is 0.336 e. The van der Waals surface area contributed by atoms with Crippen LogP contribution in [0.3, 0.4) is 0 Å². The summed E-state index contributed by atoms with van der Waals surface area (Å²) >= 11 is 0. The number of nitrogens with zero attached hydrogens (tertiary/aromatic N) is 4. The average molecular weight is 586 g/mol. The smallest absolute Gasteiger partial charge is 0.336 e. The molecule has 1 saturated heterocycles. The maximum atomic E-state index is 11.9. The number of hydrogen-bond acceptors (Lipinski definition) is 5. The topological polar surface area (TPSA) is 73.1 Å². The van der Waals surface area contributed by atoms with E-state index in [4.69, 9.17) is 4.98 Å². The van der Waals surface area contributed by atoms with Crippen LogP contribution in [0.2, 0.25) is 0 Å². The van der Waals surface area contributed by atoms with Crippen LogP contribution in [-0.2, 0) is 0 Å². The van der Waals surface area contributed by atoms with Gasteiger partial charge in [-0.1, -0.05) is 60.2 Å². The van der Waals surface area contributed by atoms with Crippen molar-refractivity contribution in [3.05, 3.63) is 108 Å². The van der Waals surface area contributed by atoms with E-state index in [1.54, 1.807) is 6.07 Å². The van der Waals surface area contributed by atoms with Crippen molar-refractivity contribution < 1.29 is 9.90 Å². The number of carboxylic acids is 1. The molecule has 2 aromatic carbocycles. The van der Waals surface area contributed by atoms with Gasteiger partial charge in [0.05, 0.1) is 16.9 Å².